The monoisotopic (exact) mass is 664 g/mol. The molecular weight excluding hydrogens is 628 g/mol. The van der Waals surface area contributed by atoms with E-state index in [2.05, 4.69) is 11.9 Å². The Labute approximate surface area is 281 Å². The molecule has 0 bridgehead atoms. The van der Waals surface area contributed by atoms with Crippen LogP contribution in [0.1, 0.15) is 28.7 Å². The van der Waals surface area contributed by atoms with E-state index in [-0.39, 0.29) is 35.5 Å². The first kappa shape index (κ1) is 33.2. The van der Waals surface area contributed by atoms with Crippen molar-refractivity contribution in [3.8, 4) is 22.6 Å². The van der Waals surface area contributed by atoms with Crippen molar-refractivity contribution in [3.05, 3.63) is 113 Å². The first-order valence-corrected chi connectivity index (χ1v) is 15.7. The van der Waals surface area contributed by atoms with E-state index in [4.69, 9.17) is 11.1 Å². The quantitative estimate of drug-likeness (QED) is 0.0685. The highest BCUT2D eigenvalue weighted by molar-refractivity contribution is 6.25. The number of ketones is 2. The lowest BCUT2D eigenvalue weighted by Crippen LogP contribution is -2.65. The number of primary amides is 1. The number of nitrogens with zero attached hydrogens (tertiary/aromatic N) is 1. The third kappa shape index (κ3) is 5.44. The molecule has 0 aliphatic heterocycles. The standard InChI is InChI=1S/C37H36N4O8/c1-2-41(18-38)31-26-16-22-15-25-24(21-7-3-20(4-8-21)17-40-14-13-19-5-9-23(42)10-6-19)11-12-27(43)29(25)32(44)28(22)34(46)37(26,49)35(47)30(33(31)45)36(39)48/h2-12,18,22,26,31,38,40,42-44,47,49H,1,13-17H2,(H2,39,48)/t22-,26-,31-,37-/m0/s1. The van der Waals surface area contributed by atoms with Gasteiger partial charge in [0.05, 0.1) is 11.9 Å². The van der Waals surface area contributed by atoms with Crippen molar-refractivity contribution in [2.75, 3.05) is 6.54 Å². The summed E-state index contributed by atoms with van der Waals surface area (Å²) in [4.78, 5) is 41.0. The highest BCUT2D eigenvalue weighted by Gasteiger charge is 2.64. The molecule has 0 unspecified atom stereocenters. The molecule has 9 N–H and O–H groups in total. The summed E-state index contributed by atoms with van der Waals surface area (Å²) in [6.07, 6.45) is 2.69. The Hall–Kier alpha value is -5.72. The number of nitrogens with two attached hydrogens (primary N) is 1. The second kappa shape index (κ2) is 12.7. The number of carbonyl (C=O) groups excluding carboxylic acids is 3. The first-order chi connectivity index (χ1) is 23.4. The highest BCUT2D eigenvalue weighted by Crippen LogP contribution is 2.53. The van der Waals surface area contributed by atoms with Crippen LogP contribution in [0.4, 0.5) is 0 Å². The van der Waals surface area contributed by atoms with Crippen molar-refractivity contribution in [2.24, 2.45) is 17.6 Å². The van der Waals surface area contributed by atoms with Crippen molar-refractivity contribution in [3.63, 3.8) is 0 Å². The summed E-state index contributed by atoms with van der Waals surface area (Å²) in [5.74, 6) is -7.44. The van der Waals surface area contributed by atoms with Crippen LogP contribution >= 0.6 is 0 Å². The number of phenolic OH excluding ortho intramolecular Hbond substituents is 2. The average Bonchev–Trinajstić information content (AvgIpc) is 3.07. The minimum atomic E-state index is -2.83. The van der Waals surface area contributed by atoms with Crippen LogP contribution in [0, 0.1) is 17.2 Å². The maximum absolute atomic E-state index is 14.1. The summed E-state index contributed by atoms with van der Waals surface area (Å²) in [6.45, 7) is 4.95. The molecule has 6 rings (SSSR count). The summed E-state index contributed by atoms with van der Waals surface area (Å²) in [5, 5.41) is 66.1. The third-order valence-electron chi connectivity index (χ3n) is 9.85. The number of phenols is 2. The smallest absolute Gasteiger partial charge is 0.255 e. The summed E-state index contributed by atoms with van der Waals surface area (Å²) in [7, 11) is 0. The molecule has 1 fully saturated rings. The Kier molecular flexibility index (Phi) is 8.61. The van der Waals surface area contributed by atoms with Gasteiger partial charge in [0.15, 0.2) is 11.4 Å². The van der Waals surface area contributed by atoms with Crippen LogP contribution in [-0.4, -0.2) is 72.4 Å². The van der Waals surface area contributed by atoms with Gasteiger partial charge in [-0.25, -0.2) is 0 Å². The van der Waals surface area contributed by atoms with Gasteiger partial charge in [0.1, 0.15) is 34.6 Å². The number of amides is 1. The maximum atomic E-state index is 14.1. The molecule has 0 spiro atoms. The average molecular weight is 665 g/mol. The summed E-state index contributed by atoms with van der Waals surface area (Å²) in [6, 6.07) is 16.5. The number of hydrogen-bond donors (Lipinski definition) is 8. The van der Waals surface area contributed by atoms with Gasteiger partial charge in [-0.3, -0.25) is 19.8 Å². The van der Waals surface area contributed by atoms with Crippen LogP contribution in [0.25, 0.3) is 16.9 Å². The summed E-state index contributed by atoms with van der Waals surface area (Å²) < 4.78 is 0. The highest BCUT2D eigenvalue weighted by atomic mass is 16.3. The zero-order valence-electron chi connectivity index (χ0n) is 26.4. The molecule has 252 valence electrons. The van der Waals surface area contributed by atoms with Gasteiger partial charge in [0, 0.05) is 18.0 Å². The number of hydrogen-bond acceptors (Lipinski definition) is 10. The second-order valence-electron chi connectivity index (χ2n) is 12.5. The van der Waals surface area contributed by atoms with Crippen LogP contribution in [0.3, 0.4) is 0 Å². The Morgan fingerprint density at radius 2 is 1.69 bits per heavy atom. The van der Waals surface area contributed by atoms with Crippen LogP contribution in [-0.2, 0) is 33.8 Å². The number of fused-ring (bicyclic) bond motifs is 3. The number of Topliss-reactive ketones (excluding diaryl/α,β-unsaturated/α-hetero) is 2. The third-order valence-corrected chi connectivity index (χ3v) is 9.85. The molecule has 0 heterocycles. The lowest BCUT2D eigenvalue weighted by atomic mass is 9.57. The fourth-order valence-corrected chi connectivity index (χ4v) is 7.44. The maximum Gasteiger partial charge on any atom is 0.255 e. The predicted molar refractivity (Wildman–Crippen MR) is 180 cm³/mol. The van der Waals surface area contributed by atoms with Crippen LogP contribution < -0.4 is 11.1 Å². The van der Waals surface area contributed by atoms with Gasteiger partial charge in [-0.1, -0.05) is 49.0 Å². The minimum Gasteiger partial charge on any atom is -0.508 e. The van der Waals surface area contributed by atoms with E-state index < -0.39 is 58.0 Å². The fraction of sp³-hybridized carbons (Fsp3) is 0.243. The van der Waals surface area contributed by atoms with E-state index in [9.17, 15) is 39.9 Å². The SMILES string of the molecule is C=CN(C=N)[C@@H]1C(=O)C(C(N)=O)=C(O)[C@@]2(O)C(=O)C3=C(O)c4c(O)ccc(-c5ccc(CNCCc6ccc(O)cc6)cc5)c4C[C@H]3C[C@@H]12. The van der Waals surface area contributed by atoms with Crippen molar-refractivity contribution in [2.45, 2.75) is 37.5 Å². The van der Waals surface area contributed by atoms with Gasteiger partial charge in [-0.15, -0.1) is 0 Å². The molecule has 4 atom stereocenters. The summed E-state index contributed by atoms with van der Waals surface area (Å²) >= 11 is 0. The number of aliphatic hydroxyl groups is 3. The van der Waals surface area contributed by atoms with E-state index in [1.54, 1.807) is 18.2 Å². The van der Waals surface area contributed by atoms with E-state index in [1.165, 1.54) is 6.07 Å². The van der Waals surface area contributed by atoms with Crippen LogP contribution in [0.2, 0.25) is 0 Å². The molecule has 1 amide bonds. The van der Waals surface area contributed by atoms with Crippen molar-refractivity contribution in [1.29, 1.82) is 5.41 Å². The molecule has 3 aromatic carbocycles. The van der Waals surface area contributed by atoms with Gasteiger partial charge in [-0.05, 0) is 83.9 Å². The molecular formula is C37H36N4O8. The topological polar surface area (TPSA) is 217 Å². The van der Waals surface area contributed by atoms with Gasteiger partial charge in [0.25, 0.3) is 5.91 Å². The molecule has 1 saturated carbocycles. The molecule has 12 heteroatoms. The van der Waals surface area contributed by atoms with Crippen LogP contribution in [0.15, 0.2) is 90.3 Å². The number of rotatable bonds is 10. The lowest BCUT2D eigenvalue weighted by Gasteiger charge is -2.50. The van der Waals surface area contributed by atoms with E-state index in [1.807, 2.05) is 36.4 Å². The van der Waals surface area contributed by atoms with E-state index >= 15 is 0 Å². The Morgan fingerprint density at radius 1 is 1.02 bits per heavy atom. The lowest BCUT2D eigenvalue weighted by molar-refractivity contribution is -0.152. The number of carbonyl (C=O) groups is 3. The van der Waals surface area contributed by atoms with Crippen molar-refractivity contribution >= 4 is 29.6 Å². The zero-order valence-corrected chi connectivity index (χ0v) is 26.4. The molecule has 3 aliphatic rings. The zero-order chi connectivity index (χ0) is 35.2. The minimum absolute atomic E-state index is 0.00774. The van der Waals surface area contributed by atoms with Gasteiger partial charge in [0.2, 0.25) is 5.78 Å². The second-order valence-corrected chi connectivity index (χ2v) is 12.5. The Balaban J connectivity index is 1.33. The Morgan fingerprint density at radius 3 is 2.33 bits per heavy atom. The van der Waals surface area contributed by atoms with E-state index in [0.29, 0.717) is 17.7 Å². The fourth-order valence-electron chi connectivity index (χ4n) is 7.44. The van der Waals surface area contributed by atoms with Gasteiger partial charge < -0.3 is 41.5 Å². The first-order valence-electron chi connectivity index (χ1n) is 15.7. The predicted octanol–water partition coefficient (Wildman–Crippen LogP) is 3.16. The molecule has 49 heavy (non-hydrogen) atoms. The van der Waals surface area contributed by atoms with Gasteiger partial charge in [-0.2, -0.15) is 0 Å². The number of aliphatic hydroxyl groups excluding tert-OH is 2. The van der Waals surface area contributed by atoms with Crippen LogP contribution in [0.5, 0.6) is 11.5 Å². The van der Waals surface area contributed by atoms with E-state index in [0.717, 1.165) is 47.1 Å². The van der Waals surface area contributed by atoms with Gasteiger partial charge >= 0.3 is 0 Å². The van der Waals surface area contributed by atoms with Crippen molar-refractivity contribution in [1.82, 2.24) is 10.2 Å². The summed E-state index contributed by atoms with van der Waals surface area (Å²) in [5.41, 5.74) is 5.51. The molecule has 12 nitrogen and oxygen atoms in total. The Bertz CT molecular complexity index is 1940. The molecule has 0 radical (unpaired) electrons. The number of aromatic hydroxyl groups is 2. The molecule has 0 aromatic heterocycles. The number of nitrogens with one attached hydrogen (secondary N) is 2. The molecule has 3 aliphatic carbocycles. The van der Waals surface area contributed by atoms with Crippen molar-refractivity contribution < 1.29 is 39.9 Å². The molecule has 0 saturated heterocycles. The molecule has 3 aromatic rings. The normalized spacial score (nSPS) is 23.0. The number of benzene rings is 3. The largest absolute Gasteiger partial charge is 0.508 e.